The van der Waals surface area contributed by atoms with Gasteiger partial charge in [-0.1, -0.05) is 13.3 Å². The number of unbranched alkanes of at least 4 members (excludes halogenated alkanes) is 1. The molecule has 0 unspecified atom stereocenters. The minimum atomic E-state index is -0.258. The Morgan fingerprint density at radius 1 is 1.10 bits per heavy atom. The van der Waals surface area contributed by atoms with E-state index in [0.29, 0.717) is 36.4 Å². The van der Waals surface area contributed by atoms with Crippen LogP contribution in [0, 0.1) is 0 Å². The summed E-state index contributed by atoms with van der Waals surface area (Å²) < 4.78 is 5.43. The molecule has 2 rings (SSSR count). The Kier molecular flexibility index (Phi) is 4.74. The van der Waals surface area contributed by atoms with Crippen molar-refractivity contribution in [3.63, 3.8) is 0 Å². The molecule has 0 atom stereocenters. The van der Waals surface area contributed by atoms with Gasteiger partial charge in [-0.3, -0.25) is 14.5 Å². The summed E-state index contributed by atoms with van der Waals surface area (Å²) >= 11 is 0. The molecule has 1 aliphatic heterocycles. The van der Waals surface area contributed by atoms with Crippen molar-refractivity contribution in [2.75, 3.05) is 25.5 Å². The predicted octanol–water partition coefficient (Wildman–Crippen LogP) is 2.07. The number of fused-ring (bicyclic) bond motifs is 1. The van der Waals surface area contributed by atoms with E-state index in [1.165, 1.54) is 4.90 Å². The van der Waals surface area contributed by atoms with Gasteiger partial charge in [0.15, 0.2) is 0 Å². The Morgan fingerprint density at radius 3 is 2.55 bits per heavy atom. The first-order valence-electron chi connectivity index (χ1n) is 6.98. The molecule has 0 aromatic heterocycles. The molecular weight excluding hydrogens is 256 g/mol. The van der Waals surface area contributed by atoms with Gasteiger partial charge in [-0.05, 0) is 31.0 Å². The highest BCUT2D eigenvalue weighted by Crippen LogP contribution is 2.24. The number of carbonyl (C=O) groups is 2. The van der Waals surface area contributed by atoms with Gasteiger partial charge in [-0.25, -0.2) is 0 Å². The van der Waals surface area contributed by atoms with Gasteiger partial charge in [0.25, 0.3) is 11.8 Å². The molecular formula is C15H20N2O3. The van der Waals surface area contributed by atoms with Crippen LogP contribution in [0.5, 0.6) is 0 Å². The van der Waals surface area contributed by atoms with Crippen molar-refractivity contribution in [3.05, 3.63) is 29.3 Å². The molecule has 0 saturated heterocycles. The second kappa shape index (κ2) is 6.52. The van der Waals surface area contributed by atoms with Gasteiger partial charge in [0.1, 0.15) is 0 Å². The molecule has 108 valence electrons. The van der Waals surface area contributed by atoms with Crippen molar-refractivity contribution in [3.8, 4) is 0 Å². The van der Waals surface area contributed by atoms with E-state index in [1.807, 2.05) is 0 Å². The van der Waals surface area contributed by atoms with Crippen LogP contribution >= 0.6 is 0 Å². The van der Waals surface area contributed by atoms with Crippen LogP contribution in [0.4, 0.5) is 5.69 Å². The van der Waals surface area contributed by atoms with E-state index in [4.69, 9.17) is 10.5 Å². The molecule has 5 nitrogen and oxygen atoms in total. The summed E-state index contributed by atoms with van der Waals surface area (Å²) in [6.07, 6.45) is 2.79. The maximum atomic E-state index is 12.1. The van der Waals surface area contributed by atoms with Crippen LogP contribution in [0.15, 0.2) is 18.2 Å². The fourth-order valence-corrected chi connectivity index (χ4v) is 2.18. The van der Waals surface area contributed by atoms with Gasteiger partial charge < -0.3 is 10.5 Å². The zero-order valence-electron chi connectivity index (χ0n) is 11.7. The number of hydrogen-bond acceptors (Lipinski definition) is 4. The lowest BCUT2D eigenvalue weighted by atomic mass is 10.1. The fourth-order valence-electron chi connectivity index (χ4n) is 2.18. The number of amides is 2. The summed E-state index contributed by atoms with van der Waals surface area (Å²) in [4.78, 5) is 25.5. The van der Waals surface area contributed by atoms with Gasteiger partial charge in [0.05, 0.1) is 11.1 Å². The van der Waals surface area contributed by atoms with Gasteiger partial charge >= 0.3 is 0 Å². The Bertz CT molecular complexity index is 514. The molecule has 0 bridgehead atoms. The van der Waals surface area contributed by atoms with Crippen LogP contribution in [0.1, 0.15) is 46.9 Å². The fraction of sp³-hybridized carbons (Fsp3) is 0.467. The maximum Gasteiger partial charge on any atom is 0.261 e. The number of rotatable bonds is 7. The predicted molar refractivity (Wildman–Crippen MR) is 76.6 cm³/mol. The number of imide groups is 1. The molecule has 1 aromatic rings. The van der Waals surface area contributed by atoms with Crippen LogP contribution in [0.25, 0.3) is 0 Å². The van der Waals surface area contributed by atoms with Crippen LogP contribution < -0.4 is 5.73 Å². The van der Waals surface area contributed by atoms with E-state index in [1.54, 1.807) is 18.2 Å². The van der Waals surface area contributed by atoms with Gasteiger partial charge in [-0.2, -0.15) is 0 Å². The van der Waals surface area contributed by atoms with Crippen molar-refractivity contribution in [1.29, 1.82) is 0 Å². The van der Waals surface area contributed by atoms with Crippen molar-refractivity contribution >= 4 is 17.5 Å². The largest absolute Gasteiger partial charge is 0.399 e. The molecule has 2 amide bonds. The lowest BCUT2D eigenvalue weighted by molar-refractivity contribution is 0.0625. The minimum Gasteiger partial charge on any atom is -0.399 e. The first-order valence-corrected chi connectivity index (χ1v) is 6.98. The van der Waals surface area contributed by atoms with Gasteiger partial charge in [-0.15, -0.1) is 0 Å². The molecule has 5 heteroatoms. The SMILES string of the molecule is CCCCOCCCN1C(=O)c2ccc(N)cc2C1=O. The topological polar surface area (TPSA) is 72.6 Å². The van der Waals surface area contributed by atoms with E-state index < -0.39 is 0 Å². The number of nitrogen functional groups attached to an aromatic ring is 1. The van der Waals surface area contributed by atoms with Gasteiger partial charge in [0, 0.05) is 25.4 Å². The molecule has 2 N–H and O–H groups in total. The number of carbonyl (C=O) groups excluding carboxylic acids is 2. The van der Waals surface area contributed by atoms with E-state index >= 15 is 0 Å². The average Bonchev–Trinajstić information content (AvgIpc) is 2.67. The van der Waals surface area contributed by atoms with Crippen LogP contribution in [0.3, 0.4) is 0 Å². The number of hydrogen-bond donors (Lipinski definition) is 1. The zero-order valence-corrected chi connectivity index (χ0v) is 11.7. The highest BCUT2D eigenvalue weighted by atomic mass is 16.5. The van der Waals surface area contributed by atoms with E-state index in [9.17, 15) is 9.59 Å². The molecule has 0 fully saturated rings. The first kappa shape index (κ1) is 14.5. The Labute approximate surface area is 118 Å². The number of anilines is 1. The number of benzene rings is 1. The number of nitrogens with two attached hydrogens (primary N) is 1. The molecule has 1 aliphatic rings. The summed E-state index contributed by atoms with van der Waals surface area (Å²) in [5.74, 6) is -0.496. The lowest BCUT2D eigenvalue weighted by Crippen LogP contribution is -2.31. The second-order valence-electron chi connectivity index (χ2n) is 4.89. The normalized spacial score (nSPS) is 13.9. The average molecular weight is 276 g/mol. The summed E-state index contributed by atoms with van der Waals surface area (Å²) in [7, 11) is 0. The molecule has 0 spiro atoms. The lowest BCUT2D eigenvalue weighted by Gasteiger charge is -2.13. The quantitative estimate of drug-likeness (QED) is 0.470. The minimum absolute atomic E-state index is 0.237. The Balaban J connectivity index is 1.89. The third kappa shape index (κ3) is 2.99. The zero-order chi connectivity index (χ0) is 14.5. The highest BCUT2D eigenvalue weighted by molar-refractivity contribution is 6.21. The number of nitrogens with zero attached hydrogens (tertiary/aromatic N) is 1. The first-order chi connectivity index (χ1) is 9.65. The van der Waals surface area contributed by atoms with Crippen LogP contribution in [0.2, 0.25) is 0 Å². The smallest absolute Gasteiger partial charge is 0.261 e. The molecule has 0 radical (unpaired) electrons. The molecule has 20 heavy (non-hydrogen) atoms. The molecule has 0 saturated carbocycles. The monoisotopic (exact) mass is 276 g/mol. The Hall–Kier alpha value is -1.88. The third-order valence-corrected chi connectivity index (χ3v) is 3.31. The van der Waals surface area contributed by atoms with Crippen molar-refractivity contribution < 1.29 is 14.3 Å². The molecule has 0 aliphatic carbocycles. The summed E-state index contributed by atoms with van der Waals surface area (Å²) in [5, 5.41) is 0. The van der Waals surface area contributed by atoms with Gasteiger partial charge in [0.2, 0.25) is 0 Å². The standard InChI is InChI=1S/C15H20N2O3/c1-2-3-8-20-9-4-7-17-14(18)12-6-5-11(16)10-13(12)15(17)19/h5-6,10H,2-4,7-9,16H2,1H3. The summed E-state index contributed by atoms with van der Waals surface area (Å²) in [6.45, 7) is 3.79. The third-order valence-electron chi connectivity index (χ3n) is 3.31. The van der Waals surface area contributed by atoms with E-state index in [0.717, 1.165) is 19.4 Å². The van der Waals surface area contributed by atoms with Crippen LogP contribution in [-0.2, 0) is 4.74 Å². The van der Waals surface area contributed by atoms with Crippen LogP contribution in [-0.4, -0.2) is 36.5 Å². The second-order valence-corrected chi connectivity index (χ2v) is 4.89. The molecule has 1 aromatic carbocycles. The highest BCUT2D eigenvalue weighted by Gasteiger charge is 2.34. The number of ether oxygens (including phenoxy) is 1. The van der Waals surface area contributed by atoms with Crippen molar-refractivity contribution in [2.45, 2.75) is 26.2 Å². The van der Waals surface area contributed by atoms with Crippen molar-refractivity contribution in [2.24, 2.45) is 0 Å². The summed E-state index contributed by atoms with van der Waals surface area (Å²) in [6, 6.07) is 4.82. The van der Waals surface area contributed by atoms with Crippen molar-refractivity contribution in [1.82, 2.24) is 4.90 Å². The molecule has 1 heterocycles. The summed E-state index contributed by atoms with van der Waals surface area (Å²) in [5.41, 5.74) is 6.99. The van der Waals surface area contributed by atoms with E-state index in [-0.39, 0.29) is 11.8 Å². The van der Waals surface area contributed by atoms with E-state index in [2.05, 4.69) is 6.92 Å². The maximum absolute atomic E-state index is 12.1. The Morgan fingerprint density at radius 2 is 1.80 bits per heavy atom.